The number of methoxy groups -OCH3 is 4. The van der Waals surface area contributed by atoms with Gasteiger partial charge in [0.05, 0.1) is 67.7 Å². The maximum absolute atomic E-state index is 10.0. The minimum atomic E-state index is -0.125. The van der Waals surface area contributed by atoms with Gasteiger partial charge in [-0.3, -0.25) is 24.7 Å². The van der Waals surface area contributed by atoms with Gasteiger partial charge in [-0.15, -0.1) is 59.7 Å². The first-order valence-electron chi connectivity index (χ1n) is 18.5. The number of benzene rings is 6. The minimum Gasteiger partial charge on any atom is -0.540 e. The Morgan fingerprint density at radius 2 is 0.800 bits per heavy atom. The second kappa shape index (κ2) is 21.2. The topological polar surface area (TPSA) is 126 Å². The van der Waals surface area contributed by atoms with Crippen LogP contribution in [0, 0.1) is 12.1 Å². The van der Waals surface area contributed by atoms with Crippen LogP contribution < -0.4 is 18.9 Å². The first kappa shape index (κ1) is 44.2. The summed E-state index contributed by atoms with van der Waals surface area (Å²) in [6.07, 6.45) is 1.17. The number of para-hydroxylation sites is 4. The molecule has 0 bridgehead atoms. The van der Waals surface area contributed by atoms with Gasteiger partial charge >= 0.3 is 0 Å². The number of ether oxygens (including phenoxy) is 4. The van der Waals surface area contributed by atoms with Crippen LogP contribution in [-0.2, 0) is 24.9 Å². The quantitative estimate of drug-likeness (QED) is 0.0849. The Morgan fingerprint density at radius 3 is 1.05 bits per heavy atom. The average molecular weight is 975 g/mol. The molecule has 11 heteroatoms. The zero-order valence-electron chi connectivity index (χ0n) is 33.9. The van der Waals surface area contributed by atoms with Crippen molar-refractivity contribution in [3.63, 3.8) is 0 Å². The third-order valence-corrected chi connectivity index (χ3v) is 8.83. The fourth-order valence-corrected chi connectivity index (χ4v) is 5.94. The molecule has 305 valence electrons. The number of ketones is 1. The Balaban J connectivity index is 0.000000194. The van der Waals surface area contributed by atoms with Gasteiger partial charge < -0.3 is 24.1 Å². The molecule has 0 atom stereocenters. The Labute approximate surface area is 362 Å². The molecule has 1 N–H and O–H groups in total. The SMILES string of the molecule is CC(=O)/C=C(/C)O.COc1c[c-]c(-c2nc3ccccc3nc2-c2ccc(OC)cc2)cc1.COc1c[c-]c(-c2nc3ccccc3nc2-c2ccc(OC)cc2)cc1.[Ir]. The maximum Gasteiger partial charge on any atom is 0.155 e. The van der Waals surface area contributed by atoms with Gasteiger partial charge in [-0.25, -0.2) is 0 Å². The number of aromatic nitrogens is 4. The van der Waals surface area contributed by atoms with Crippen molar-refractivity contribution in [2.24, 2.45) is 0 Å². The average Bonchev–Trinajstić information content (AvgIpc) is 3.28. The molecule has 0 amide bonds. The normalized spacial score (nSPS) is 10.6. The number of aliphatic hydroxyl groups excluding tert-OH is 1. The molecule has 0 saturated heterocycles. The molecular formula is C49H42IrN4O6-2. The summed E-state index contributed by atoms with van der Waals surface area (Å²) < 4.78 is 21.0. The van der Waals surface area contributed by atoms with Gasteiger partial charge in [0.25, 0.3) is 0 Å². The van der Waals surface area contributed by atoms with Crippen LogP contribution in [0.15, 0.2) is 145 Å². The van der Waals surface area contributed by atoms with E-state index in [1.165, 1.54) is 19.9 Å². The van der Waals surface area contributed by atoms with E-state index in [0.717, 1.165) is 90.1 Å². The summed E-state index contributed by atoms with van der Waals surface area (Å²) >= 11 is 0. The zero-order chi connectivity index (χ0) is 41.7. The van der Waals surface area contributed by atoms with Crippen LogP contribution in [0.25, 0.3) is 67.1 Å². The number of hydrogen-bond acceptors (Lipinski definition) is 10. The largest absolute Gasteiger partial charge is 0.540 e. The smallest absolute Gasteiger partial charge is 0.155 e. The van der Waals surface area contributed by atoms with E-state index in [0.29, 0.717) is 0 Å². The van der Waals surface area contributed by atoms with E-state index < -0.39 is 0 Å². The molecule has 0 aliphatic heterocycles. The van der Waals surface area contributed by atoms with Crippen LogP contribution in [0.2, 0.25) is 0 Å². The van der Waals surface area contributed by atoms with Crippen molar-refractivity contribution < 1.29 is 49.0 Å². The van der Waals surface area contributed by atoms with Crippen molar-refractivity contribution in [3.8, 4) is 68.0 Å². The predicted molar refractivity (Wildman–Crippen MR) is 232 cm³/mol. The molecule has 8 rings (SSSR count). The molecular weight excluding hydrogens is 933 g/mol. The summed E-state index contributed by atoms with van der Waals surface area (Å²) in [5.74, 6) is 3.06. The summed E-state index contributed by atoms with van der Waals surface area (Å²) in [5, 5.41) is 8.36. The van der Waals surface area contributed by atoms with Gasteiger partial charge in [0.1, 0.15) is 11.5 Å². The Bertz CT molecular complexity index is 2340. The fraction of sp³-hybridized carbons (Fsp3) is 0.122. The predicted octanol–water partition coefficient (Wildman–Crippen LogP) is 10.6. The molecule has 0 fully saturated rings. The van der Waals surface area contributed by atoms with E-state index in [9.17, 15) is 4.79 Å². The van der Waals surface area contributed by atoms with Crippen LogP contribution in [0.3, 0.4) is 0 Å². The van der Waals surface area contributed by atoms with E-state index >= 15 is 0 Å². The van der Waals surface area contributed by atoms with E-state index in [4.69, 9.17) is 44.0 Å². The third-order valence-electron chi connectivity index (χ3n) is 8.83. The van der Waals surface area contributed by atoms with Gasteiger partial charge in [-0.1, -0.05) is 24.3 Å². The van der Waals surface area contributed by atoms with E-state index in [1.54, 1.807) is 28.4 Å². The summed E-state index contributed by atoms with van der Waals surface area (Å²) in [6.45, 7) is 2.85. The Kier molecular flexibility index (Phi) is 15.6. The van der Waals surface area contributed by atoms with Crippen LogP contribution in [0.5, 0.6) is 23.0 Å². The second-order valence-corrected chi connectivity index (χ2v) is 13.0. The number of rotatable bonds is 9. The van der Waals surface area contributed by atoms with Gasteiger partial charge in [0.15, 0.2) is 5.78 Å². The van der Waals surface area contributed by atoms with Gasteiger partial charge in [-0.2, -0.15) is 0 Å². The summed E-state index contributed by atoms with van der Waals surface area (Å²) in [4.78, 5) is 29.5. The van der Waals surface area contributed by atoms with Crippen molar-refractivity contribution >= 4 is 27.9 Å². The van der Waals surface area contributed by atoms with Crippen molar-refractivity contribution in [2.45, 2.75) is 13.8 Å². The monoisotopic (exact) mass is 975 g/mol. The molecule has 1 radical (unpaired) electrons. The van der Waals surface area contributed by atoms with Crippen molar-refractivity contribution in [1.29, 1.82) is 0 Å². The van der Waals surface area contributed by atoms with Gasteiger partial charge in [0.2, 0.25) is 0 Å². The first-order chi connectivity index (χ1) is 28.7. The van der Waals surface area contributed by atoms with Crippen LogP contribution in [0.4, 0.5) is 0 Å². The van der Waals surface area contributed by atoms with Crippen molar-refractivity contribution in [3.05, 3.63) is 157 Å². The van der Waals surface area contributed by atoms with Crippen LogP contribution >= 0.6 is 0 Å². The standard InChI is InChI=1S/2C22H17N2O2.C5H8O2.Ir/c2*1-25-17-11-7-15(8-12-17)21-22(16-9-13-18(26-2)14-10-16)24-20-6-4-3-5-19(20)23-21;1-4(6)3-5(2)7;/h2*3-9,11-14H,1-2H3;3,6H,1-2H3;/q2*-1;;/b;;4-3-;. The fourth-order valence-electron chi connectivity index (χ4n) is 5.94. The first-order valence-corrected chi connectivity index (χ1v) is 18.5. The molecule has 10 nitrogen and oxygen atoms in total. The van der Waals surface area contributed by atoms with Crippen molar-refractivity contribution in [2.75, 3.05) is 28.4 Å². The molecule has 0 aliphatic rings. The molecule has 0 spiro atoms. The van der Waals surface area contributed by atoms with Gasteiger partial charge in [0, 0.05) is 49.1 Å². The molecule has 2 heterocycles. The van der Waals surface area contributed by atoms with Crippen LogP contribution in [-0.4, -0.2) is 59.3 Å². The number of carbonyl (C=O) groups excluding carboxylic acids is 1. The number of fused-ring (bicyclic) bond motifs is 2. The summed E-state index contributed by atoms with van der Waals surface area (Å²) in [5.41, 5.74) is 10.3. The molecule has 6 aromatic carbocycles. The molecule has 60 heavy (non-hydrogen) atoms. The Morgan fingerprint density at radius 1 is 0.483 bits per heavy atom. The maximum atomic E-state index is 10.0. The minimum absolute atomic E-state index is 0. The molecule has 8 aromatic rings. The zero-order valence-corrected chi connectivity index (χ0v) is 36.3. The summed E-state index contributed by atoms with van der Waals surface area (Å²) in [7, 11) is 6.59. The Hall–Kier alpha value is -6.94. The molecule has 0 unspecified atom stereocenters. The number of aliphatic hydroxyl groups is 1. The number of nitrogens with zero attached hydrogens (tertiary/aromatic N) is 4. The summed E-state index contributed by atoms with van der Waals surface area (Å²) in [6, 6.07) is 49.2. The third kappa shape index (κ3) is 11.2. The van der Waals surface area contributed by atoms with Crippen LogP contribution in [0.1, 0.15) is 13.8 Å². The molecule has 0 saturated carbocycles. The number of allylic oxidation sites excluding steroid dienone is 2. The van der Waals surface area contributed by atoms with E-state index in [2.05, 4.69) is 12.1 Å². The molecule has 0 aliphatic carbocycles. The van der Waals surface area contributed by atoms with Crippen molar-refractivity contribution in [1.82, 2.24) is 19.9 Å². The van der Waals surface area contributed by atoms with E-state index in [1.807, 2.05) is 133 Å². The number of hydrogen-bond donors (Lipinski definition) is 1. The number of carbonyl (C=O) groups is 1. The van der Waals surface area contributed by atoms with E-state index in [-0.39, 0.29) is 31.6 Å². The van der Waals surface area contributed by atoms with Gasteiger partial charge in [-0.05, 0) is 97.8 Å². The second-order valence-electron chi connectivity index (χ2n) is 13.0. The molecule has 2 aromatic heterocycles.